The lowest BCUT2D eigenvalue weighted by molar-refractivity contribution is -0.0991. The molecule has 1 aliphatic heterocycles. The first-order chi connectivity index (χ1) is 12.3. The summed E-state index contributed by atoms with van der Waals surface area (Å²) in [6, 6.07) is 16.3. The number of methoxy groups -OCH3 is 1. The summed E-state index contributed by atoms with van der Waals surface area (Å²) in [5, 5.41) is 16.4. The summed E-state index contributed by atoms with van der Waals surface area (Å²) in [7, 11) is 1.70. The minimum absolute atomic E-state index is 0.417. The maximum absolute atomic E-state index is 11.0. The van der Waals surface area contributed by atoms with E-state index in [1.165, 1.54) is 5.06 Å². The lowest BCUT2D eigenvalue weighted by Crippen LogP contribution is -2.51. The highest BCUT2D eigenvalue weighted by molar-refractivity contribution is 6.22. The first-order valence-corrected chi connectivity index (χ1v) is 8.86. The Morgan fingerprint density at radius 3 is 1.69 bits per heavy atom. The fraction of sp³-hybridized carbons (Fsp3) is 0.318. The standard InChI is InChI=1S/C22H24N2O2/c1-21(2)22(3,4)24(25)20(23-21)18-14-10-6-8-12-16(14)19(26-5)17-13-9-7-11-15(17)18/h6-13,25H,1-5H3. The van der Waals surface area contributed by atoms with Crippen molar-refractivity contribution in [3.63, 3.8) is 0 Å². The van der Waals surface area contributed by atoms with Crippen molar-refractivity contribution in [2.45, 2.75) is 38.8 Å². The highest BCUT2D eigenvalue weighted by atomic mass is 16.5. The number of rotatable bonds is 2. The number of amidine groups is 1. The molecule has 26 heavy (non-hydrogen) atoms. The van der Waals surface area contributed by atoms with Gasteiger partial charge in [-0.05, 0) is 38.5 Å². The van der Waals surface area contributed by atoms with Crippen molar-refractivity contribution in [2.24, 2.45) is 4.99 Å². The maximum Gasteiger partial charge on any atom is 0.157 e. The van der Waals surface area contributed by atoms with Crippen LogP contribution in [0, 0.1) is 0 Å². The molecule has 0 aliphatic carbocycles. The third-order valence-corrected chi connectivity index (χ3v) is 5.92. The van der Waals surface area contributed by atoms with Crippen LogP contribution in [-0.2, 0) is 0 Å². The van der Waals surface area contributed by atoms with Crippen LogP contribution in [0.4, 0.5) is 0 Å². The summed E-state index contributed by atoms with van der Waals surface area (Å²) in [6.45, 7) is 8.13. The van der Waals surface area contributed by atoms with Gasteiger partial charge in [-0.25, -0.2) is 5.06 Å². The highest BCUT2D eigenvalue weighted by Crippen LogP contribution is 2.43. The topological polar surface area (TPSA) is 45.1 Å². The number of hydrogen-bond acceptors (Lipinski definition) is 4. The van der Waals surface area contributed by atoms with Crippen molar-refractivity contribution < 1.29 is 9.94 Å². The van der Waals surface area contributed by atoms with Crippen LogP contribution in [0.25, 0.3) is 21.5 Å². The predicted molar refractivity (Wildman–Crippen MR) is 106 cm³/mol. The summed E-state index contributed by atoms with van der Waals surface area (Å²) in [6.07, 6.45) is 0. The summed E-state index contributed by atoms with van der Waals surface area (Å²) in [5.74, 6) is 1.46. The van der Waals surface area contributed by atoms with E-state index in [1.807, 2.05) is 38.1 Å². The Balaban J connectivity index is 2.17. The minimum Gasteiger partial charge on any atom is -0.495 e. The largest absolute Gasteiger partial charge is 0.495 e. The van der Waals surface area contributed by atoms with E-state index in [9.17, 15) is 5.21 Å². The number of fused-ring (bicyclic) bond motifs is 2. The van der Waals surface area contributed by atoms with Crippen LogP contribution >= 0.6 is 0 Å². The van der Waals surface area contributed by atoms with Crippen LogP contribution in [0.3, 0.4) is 0 Å². The van der Waals surface area contributed by atoms with Crippen LogP contribution in [0.5, 0.6) is 5.75 Å². The number of nitrogens with zero attached hydrogens (tertiary/aromatic N) is 2. The summed E-state index contributed by atoms with van der Waals surface area (Å²) >= 11 is 0. The van der Waals surface area contributed by atoms with E-state index in [-0.39, 0.29) is 0 Å². The van der Waals surface area contributed by atoms with Gasteiger partial charge in [0.1, 0.15) is 5.75 Å². The van der Waals surface area contributed by atoms with Gasteiger partial charge in [-0.2, -0.15) is 0 Å². The molecule has 3 aromatic rings. The van der Waals surface area contributed by atoms with Crippen molar-refractivity contribution >= 4 is 27.4 Å². The lowest BCUT2D eigenvalue weighted by Gasteiger charge is -2.37. The van der Waals surface area contributed by atoms with E-state index >= 15 is 0 Å². The molecular weight excluding hydrogens is 324 g/mol. The molecule has 3 aromatic carbocycles. The van der Waals surface area contributed by atoms with Gasteiger partial charge in [0.25, 0.3) is 0 Å². The van der Waals surface area contributed by atoms with Crippen molar-refractivity contribution in [1.82, 2.24) is 5.06 Å². The summed E-state index contributed by atoms with van der Waals surface area (Å²) < 4.78 is 5.75. The van der Waals surface area contributed by atoms with Crippen LogP contribution in [0.15, 0.2) is 53.5 Å². The molecule has 0 saturated heterocycles. The molecule has 0 bridgehead atoms. The van der Waals surface area contributed by atoms with Crippen LogP contribution in [0.1, 0.15) is 33.3 Å². The Morgan fingerprint density at radius 1 is 0.846 bits per heavy atom. The average molecular weight is 348 g/mol. The lowest BCUT2D eigenvalue weighted by atomic mass is 9.84. The molecule has 0 spiro atoms. The number of hydrogen-bond donors (Lipinski definition) is 1. The SMILES string of the molecule is COc1c2ccccc2c(C2=NC(C)(C)C(C)(C)N2O)c2ccccc12. The normalized spacial score (nSPS) is 18.4. The number of benzene rings is 3. The van der Waals surface area contributed by atoms with E-state index in [4.69, 9.17) is 9.73 Å². The zero-order valence-electron chi connectivity index (χ0n) is 15.9. The van der Waals surface area contributed by atoms with Crippen molar-refractivity contribution in [2.75, 3.05) is 7.11 Å². The molecule has 0 saturated carbocycles. The molecule has 4 heteroatoms. The van der Waals surface area contributed by atoms with Crippen molar-refractivity contribution in [3.05, 3.63) is 54.1 Å². The summed E-state index contributed by atoms with van der Waals surface area (Å²) in [5.41, 5.74) is 0.0158. The van der Waals surface area contributed by atoms with Gasteiger partial charge in [-0.15, -0.1) is 0 Å². The van der Waals surface area contributed by atoms with Crippen LogP contribution in [0.2, 0.25) is 0 Å². The fourth-order valence-electron chi connectivity index (χ4n) is 3.68. The molecule has 1 heterocycles. The quantitative estimate of drug-likeness (QED) is 0.662. The second-order valence-electron chi connectivity index (χ2n) is 7.86. The van der Waals surface area contributed by atoms with E-state index in [2.05, 4.69) is 38.1 Å². The van der Waals surface area contributed by atoms with E-state index in [0.717, 1.165) is 32.9 Å². The smallest absolute Gasteiger partial charge is 0.157 e. The Labute approximate surface area is 153 Å². The molecule has 4 nitrogen and oxygen atoms in total. The Hall–Kier alpha value is -2.59. The molecule has 0 atom stereocenters. The summed E-state index contributed by atoms with van der Waals surface area (Å²) in [4.78, 5) is 4.93. The van der Waals surface area contributed by atoms with Gasteiger partial charge in [-0.1, -0.05) is 48.5 Å². The third-order valence-electron chi connectivity index (χ3n) is 5.92. The predicted octanol–water partition coefficient (Wildman–Crippen LogP) is 5.01. The Bertz CT molecular complexity index is 994. The first kappa shape index (κ1) is 16.9. The minimum atomic E-state index is -0.509. The van der Waals surface area contributed by atoms with E-state index in [0.29, 0.717) is 5.84 Å². The number of hydroxylamine groups is 2. The zero-order chi connectivity index (χ0) is 18.7. The average Bonchev–Trinajstić information content (AvgIpc) is 2.78. The highest BCUT2D eigenvalue weighted by Gasteiger charge is 2.49. The monoisotopic (exact) mass is 348 g/mol. The second kappa shape index (κ2) is 5.45. The third kappa shape index (κ3) is 2.08. The van der Waals surface area contributed by atoms with Gasteiger partial charge in [-0.3, -0.25) is 10.2 Å². The molecule has 4 rings (SSSR count). The molecule has 134 valence electrons. The molecule has 0 radical (unpaired) electrons. The van der Waals surface area contributed by atoms with E-state index < -0.39 is 11.1 Å². The molecule has 0 fully saturated rings. The van der Waals surface area contributed by atoms with Gasteiger partial charge >= 0.3 is 0 Å². The molecule has 0 aromatic heterocycles. The van der Waals surface area contributed by atoms with Crippen molar-refractivity contribution in [3.8, 4) is 5.75 Å². The molecular formula is C22H24N2O2. The van der Waals surface area contributed by atoms with Gasteiger partial charge in [0, 0.05) is 16.3 Å². The Kier molecular flexibility index (Phi) is 3.53. The molecule has 0 amide bonds. The van der Waals surface area contributed by atoms with Gasteiger partial charge in [0.05, 0.1) is 18.2 Å². The van der Waals surface area contributed by atoms with Crippen LogP contribution < -0.4 is 4.74 Å². The van der Waals surface area contributed by atoms with Gasteiger partial charge in [0.2, 0.25) is 0 Å². The maximum atomic E-state index is 11.0. The molecule has 1 N–H and O–H groups in total. The van der Waals surface area contributed by atoms with Gasteiger partial charge < -0.3 is 4.74 Å². The van der Waals surface area contributed by atoms with Crippen LogP contribution in [-0.4, -0.2) is 34.3 Å². The number of aliphatic imine (C=N–C) groups is 1. The van der Waals surface area contributed by atoms with E-state index in [1.54, 1.807) is 7.11 Å². The van der Waals surface area contributed by atoms with Gasteiger partial charge in [0.15, 0.2) is 5.84 Å². The number of ether oxygens (including phenoxy) is 1. The first-order valence-electron chi connectivity index (χ1n) is 8.86. The Morgan fingerprint density at radius 2 is 1.31 bits per heavy atom. The molecule has 1 aliphatic rings. The molecule has 0 unspecified atom stereocenters. The van der Waals surface area contributed by atoms with Crippen molar-refractivity contribution in [1.29, 1.82) is 0 Å². The zero-order valence-corrected chi connectivity index (χ0v) is 15.9. The fourth-order valence-corrected chi connectivity index (χ4v) is 3.68. The second-order valence-corrected chi connectivity index (χ2v) is 7.86.